The number of aryl methyl sites for hydroxylation is 1. The summed E-state index contributed by atoms with van der Waals surface area (Å²) >= 11 is 1.10. The van der Waals surface area contributed by atoms with Crippen molar-refractivity contribution in [3.05, 3.63) is 46.6 Å². The van der Waals surface area contributed by atoms with E-state index in [4.69, 9.17) is 5.11 Å². The molecule has 0 aliphatic heterocycles. The molecular formula is C12H12FNO3S2. The van der Waals surface area contributed by atoms with E-state index < -0.39 is 22.4 Å². The van der Waals surface area contributed by atoms with E-state index in [2.05, 4.69) is 4.72 Å². The molecule has 0 saturated carbocycles. The molecule has 0 aliphatic carbocycles. The molecule has 0 spiro atoms. The van der Waals surface area contributed by atoms with Crippen LogP contribution in [0.4, 0.5) is 10.1 Å². The van der Waals surface area contributed by atoms with E-state index in [1.54, 1.807) is 13.0 Å². The molecule has 1 heterocycles. The first-order valence-electron chi connectivity index (χ1n) is 5.41. The van der Waals surface area contributed by atoms with Gasteiger partial charge in [0.15, 0.2) is 0 Å². The minimum absolute atomic E-state index is 0.108. The van der Waals surface area contributed by atoms with Gasteiger partial charge in [-0.2, -0.15) is 0 Å². The second-order valence-electron chi connectivity index (χ2n) is 3.90. The third kappa shape index (κ3) is 2.94. The van der Waals surface area contributed by atoms with Crippen LogP contribution in [0.25, 0.3) is 0 Å². The highest BCUT2D eigenvalue weighted by molar-refractivity contribution is 7.94. The Hall–Kier alpha value is -1.44. The van der Waals surface area contributed by atoms with Crippen LogP contribution in [0.2, 0.25) is 0 Å². The quantitative estimate of drug-likeness (QED) is 0.912. The zero-order valence-electron chi connectivity index (χ0n) is 10.1. The maximum absolute atomic E-state index is 13.7. The topological polar surface area (TPSA) is 66.4 Å². The Morgan fingerprint density at radius 1 is 1.32 bits per heavy atom. The van der Waals surface area contributed by atoms with Crippen molar-refractivity contribution in [2.24, 2.45) is 0 Å². The molecule has 0 saturated heterocycles. The average Bonchev–Trinajstić information content (AvgIpc) is 2.79. The lowest BCUT2D eigenvalue weighted by molar-refractivity contribution is 0.282. The predicted octanol–water partition coefficient (Wildman–Crippen LogP) is 2.49. The van der Waals surface area contributed by atoms with Crippen molar-refractivity contribution < 1.29 is 17.9 Å². The Morgan fingerprint density at radius 3 is 2.63 bits per heavy atom. The van der Waals surface area contributed by atoms with Gasteiger partial charge in [-0.3, -0.25) is 4.72 Å². The Balaban J connectivity index is 2.41. The van der Waals surface area contributed by atoms with E-state index in [-0.39, 0.29) is 15.5 Å². The molecule has 0 radical (unpaired) electrons. The maximum Gasteiger partial charge on any atom is 0.271 e. The molecule has 0 unspecified atom stereocenters. The van der Waals surface area contributed by atoms with Gasteiger partial charge in [0.25, 0.3) is 10.0 Å². The first-order chi connectivity index (χ1) is 8.94. The van der Waals surface area contributed by atoms with Gasteiger partial charge in [-0.25, -0.2) is 12.8 Å². The Labute approximate surface area is 114 Å². The van der Waals surface area contributed by atoms with E-state index in [1.165, 1.54) is 18.2 Å². The Kier molecular flexibility index (Phi) is 3.88. The van der Waals surface area contributed by atoms with Crippen LogP contribution in [0.5, 0.6) is 0 Å². The highest BCUT2D eigenvalue weighted by atomic mass is 32.2. The molecule has 2 N–H and O–H groups in total. The zero-order chi connectivity index (χ0) is 14.0. The van der Waals surface area contributed by atoms with Gasteiger partial charge in [0, 0.05) is 10.4 Å². The molecule has 0 atom stereocenters. The van der Waals surface area contributed by atoms with Gasteiger partial charge in [-0.1, -0.05) is 12.1 Å². The monoisotopic (exact) mass is 301 g/mol. The highest BCUT2D eigenvalue weighted by Gasteiger charge is 2.19. The fourth-order valence-electron chi connectivity index (χ4n) is 1.56. The summed E-state index contributed by atoms with van der Waals surface area (Å²) in [5.41, 5.74) is -0.0205. The number of hydrogen-bond donors (Lipinski definition) is 2. The van der Waals surface area contributed by atoms with E-state index in [9.17, 15) is 12.8 Å². The summed E-state index contributed by atoms with van der Waals surface area (Å²) < 4.78 is 40.1. The second kappa shape index (κ2) is 5.28. The standard InChI is InChI=1S/C12H12FNO3S2/c1-8-5-6-11(18-8)19(16,17)14-12-9(7-15)3-2-4-10(12)13/h2-6,14-15H,7H2,1H3. The molecule has 2 rings (SSSR count). The minimum atomic E-state index is -3.83. The van der Waals surface area contributed by atoms with Crippen LogP contribution >= 0.6 is 11.3 Å². The third-order valence-corrected chi connectivity index (χ3v) is 5.33. The number of sulfonamides is 1. The minimum Gasteiger partial charge on any atom is -0.392 e. The molecule has 4 nitrogen and oxygen atoms in total. The molecule has 1 aromatic heterocycles. The zero-order valence-corrected chi connectivity index (χ0v) is 11.7. The van der Waals surface area contributed by atoms with Crippen molar-refractivity contribution in [2.75, 3.05) is 4.72 Å². The van der Waals surface area contributed by atoms with E-state index in [0.717, 1.165) is 22.3 Å². The number of hydrogen-bond acceptors (Lipinski definition) is 4. The fourth-order valence-corrected chi connectivity index (χ4v) is 3.95. The SMILES string of the molecule is Cc1ccc(S(=O)(=O)Nc2c(F)cccc2CO)s1. The summed E-state index contributed by atoms with van der Waals surface area (Å²) in [6.07, 6.45) is 0. The van der Waals surface area contributed by atoms with Crippen LogP contribution < -0.4 is 4.72 Å². The van der Waals surface area contributed by atoms with Gasteiger partial charge in [0.05, 0.1) is 12.3 Å². The van der Waals surface area contributed by atoms with Crippen LogP contribution in [0.1, 0.15) is 10.4 Å². The van der Waals surface area contributed by atoms with Crippen molar-refractivity contribution in [1.29, 1.82) is 0 Å². The van der Waals surface area contributed by atoms with Crippen LogP contribution in [0, 0.1) is 12.7 Å². The van der Waals surface area contributed by atoms with Crippen molar-refractivity contribution in [3.8, 4) is 0 Å². The molecule has 0 fully saturated rings. The summed E-state index contributed by atoms with van der Waals surface area (Å²) in [5, 5.41) is 9.12. The number of rotatable bonds is 4. The third-order valence-electron chi connectivity index (χ3n) is 2.49. The molecular weight excluding hydrogens is 289 g/mol. The van der Waals surface area contributed by atoms with E-state index in [0.29, 0.717) is 0 Å². The summed E-state index contributed by atoms with van der Waals surface area (Å²) in [5.74, 6) is -0.719. The number of anilines is 1. The smallest absolute Gasteiger partial charge is 0.271 e. The van der Waals surface area contributed by atoms with Crippen molar-refractivity contribution in [1.82, 2.24) is 0 Å². The van der Waals surface area contributed by atoms with Crippen LogP contribution in [0.15, 0.2) is 34.5 Å². The van der Waals surface area contributed by atoms with E-state index in [1.807, 2.05) is 0 Å². The van der Waals surface area contributed by atoms with Crippen LogP contribution in [0.3, 0.4) is 0 Å². The van der Waals surface area contributed by atoms with Gasteiger partial charge in [-0.05, 0) is 25.1 Å². The summed E-state index contributed by atoms with van der Waals surface area (Å²) in [4.78, 5) is 0.844. The first-order valence-corrected chi connectivity index (χ1v) is 7.71. The normalized spacial score (nSPS) is 11.5. The lowest BCUT2D eigenvalue weighted by atomic mass is 10.2. The lowest BCUT2D eigenvalue weighted by Crippen LogP contribution is -2.14. The number of halogens is 1. The molecule has 2 aromatic rings. The van der Waals surface area contributed by atoms with Gasteiger partial charge < -0.3 is 5.11 Å². The lowest BCUT2D eigenvalue weighted by Gasteiger charge is -2.11. The average molecular weight is 301 g/mol. The largest absolute Gasteiger partial charge is 0.392 e. The van der Waals surface area contributed by atoms with Crippen LogP contribution in [-0.4, -0.2) is 13.5 Å². The highest BCUT2D eigenvalue weighted by Crippen LogP contribution is 2.26. The van der Waals surface area contributed by atoms with E-state index >= 15 is 0 Å². The number of aliphatic hydroxyl groups is 1. The van der Waals surface area contributed by atoms with Crippen molar-refractivity contribution in [3.63, 3.8) is 0 Å². The molecule has 102 valence electrons. The van der Waals surface area contributed by atoms with Gasteiger partial charge >= 0.3 is 0 Å². The molecule has 1 aromatic carbocycles. The maximum atomic E-state index is 13.7. The number of aliphatic hydroxyl groups excluding tert-OH is 1. The number of benzene rings is 1. The van der Waals surface area contributed by atoms with Crippen molar-refractivity contribution >= 4 is 27.0 Å². The van der Waals surface area contributed by atoms with Crippen molar-refractivity contribution in [2.45, 2.75) is 17.7 Å². The van der Waals surface area contributed by atoms with Gasteiger partial charge in [-0.15, -0.1) is 11.3 Å². The van der Waals surface area contributed by atoms with Crippen LogP contribution in [-0.2, 0) is 16.6 Å². The molecule has 0 bridgehead atoms. The Morgan fingerprint density at radius 2 is 2.05 bits per heavy atom. The molecule has 0 aliphatic rings. The number of thiophene rings is 1. The van der Waals surface area contributed by atoms with Gasteiger partial charge in [0.2, 0.25) is 0 Å². The molecule has 0 amide bonds. The molecule has 7 heteroatoms. The summed E-state index contributed by atoms with van der Waals surface area (Å²) in [6.45, 7) is 1.34. The molecule has 19 heavy (non-hydrogen) atoms. The van der Waals surface area contributed by atoms with Gasteiger partial charge in [0.1, 0.15) is 10.0 Å². The first kappa shape index (κ1) is 14.0. The predicted molar refractivity (Wildman–Crippen MR) is 72.2 cm³/mol. The number of nitrogens with one attached hydrogen (secondary N) is 1. The Bertz CT molecular complexity index is 695. The summed E-state index contributed by atoms with van der Waals surface area (Å²) in [6, 6.07) is 7.14. The number of para-hydroxylation sites is 1. The summed E-state index contributed by atoms with van der Waals surface area (Å²) in [7, 11) is -3.83. The fraction of sp³-hybridized carbons (Fsp3) is 0.167. The second-order valence-corrected chi connectivity index (χ2v) is 7.10.